The highest BCUT2D eigenvalue weighted by atomic mass is 28.4. The van der Waals surface area contributed by atoms with Gasteiger partial charge in [-0.25, -0.2) is 0 Å². The quantitative estimate of drug-likeness (QED) is 0.639. The molecule has 0 amide bonds. The molecule has 0 heterocycles. The molecule has 0 unspecified atom stereocenters. The van der Waals surface area contributed by atoms with E-state index in [0.29, 0.717) is 0 Å². The smallest absolute Gasteiger partial charge is 0.0741 e. The largest absolute Gasteiger partial charge is 0.400 e. The van der Waals surface area contributed by atoms with Crippen LogP contribution in [-0.2, 0) is 0 Å². The van der Waals surface area contributed by atoms with Crippen LogP contribution in [0.5, 0.6) is 0 Å². The van der Waals surface area contributed by atoms with Gasteiger partial charge in [0.15, 0.2) is 0 Å². The van der Waals surface area contributed by atoms with Crippen molar-refractivity contribution in [3.63, 3.8) is 0 Å². The maximum Gasteiger partial charge on any atom is 0.0741 e. The zero-order chi connectivity index (χ0) is 8.58. The molecule has 0 aromatic carbocycles. The SMILES string of the molecule is C[Si](C)(C)C(O)[Si](C)(C)C. The third kappa shape index (κ3) is 2.99. The summed E-state index contributed by atoms with van der Waals surface area (Å²) in [6.45, 7) is 13.4. The van der Waals surface area contributed by atoms with E-state index in [9.17, 15) is 5.11 Å². The average Bonchev–Trinajstić information content (AvgIpc) is 1.59. The van der Waals surface area contributed by atoms with E-state index in [2.05, 4.69) is 39.3 Å². The molecule has 0 rings (SSSR count). The Balaban J connectivity index is 4.23. The lowest BCUT2D eigenvalue weighted by molar-refractivity contribution is 0.310. The normalized spacial score (nSPS) is 14.4. The third-order valence-corrected chi connectivity index (χ3v) is 10.1. The van der Waals surface area contributed by atoms with E-state index in [0.717, 1.165) is 0 Å². The van der Waals surface area contributed by atoms with Crippen molar-refractivity contribution in [1.82, 2.24) is 0 Å². The van der Waals surface area contributed by atoms with E-state index in [1.807, 2.05) is 0 Å². The van der Waals surface area contributed by atoms with Crippen LogP contribution >= 0.6 is 0 Å². The summed E-state index contributed by atoms with van der Waals surface area (Å²) in [6, 6.07) is 0. The van der Waals surface area contributed by atoms with E-state index in [1.54, 1.807) is 0 Å². The van der Waals surface area contributed by atoms with Gasteiger partial charge in [0.1, 0.15) is 0 Å². The lowest BCUT2D eigenvalue weighted by Crippen LogP contribution is -2.53. The van der Waals surface area contributed by atoms with Crippen molar-refractivity contribution in [3.8, 4) is 0 Å². The summed E-state index contributed by atoms with van der Waals surface area (Å²) < 4.78 is 0. The van der Waals surface area contributed by atoms with Gasteiger partial charge in [0.25, 0.3) is 0 Å². The first kappa shape index (κ1) is 10.4. The van der Waals surface area contributed by atoms with Crippen LogP contribution in [0.4, 0.5) is 0 Å². The van der Waals surface area contributed by atoms with Crippen LogP contribution < -0.4 is 0 Å². The summed E-state index contributed by atoms with van der Waals surface area (Å²) in [7, 11) is -2.56. The minimum absolute atomic E-state index is 0.0417. The lowest BCUT2D eigenvalue weighted by atomic mass is 11.6. The van der Waals surface area contributed by atoms with Crippen LogP contribution in [-0.4, -0.2) is 26.6 Å². The summed E-state index contributed by atoms with van der Waals surface area (Å²) in [5.74, 6) is 0. The van der Waals surface area contributed by atoms with Gasteiger partial charge in [-0.05, 0) is 0 Å². The van der Waals surface area contributed by atoms with Gasteiger partial charge in [-0.3, -0.25) is 0 Å². The molecule has 0 saturated carbocycles. The average molecular weight is 176 g/mol. The van der Waals surface area contributed by atoms with Gasteiger partial charge in [0, 0.05) is 5.35 Å². The number of hydrogen-bond donors (Lipinski definition) is 1. The molecule has 1 N–H and O–H groups in total. The predicted octanol–water partition coefficient (Wildman–Crippen LogP) is 2.10. The molecule has 0 atom stereocenters. The summed E-state index contributed by atoms with van der Waals surface area (Å²) in [5.41, 5.74) is 0. The van der Waals surface area contributed by atoms with Crippen LogP contribution in [0.2, 0.25) is 39.3 Å². The molecule has 0 radical (unpaired) electrons. The van der Waals surface area contributed by atoms with E-state index < -0.39 is 16.1 Å². The maximum atomic E-state index is 9.85. The fraction of sp³-hybridized carbons (Fsp3) is 1.00. The van der Waals surface area contributed by atoms with Crippen molar-refractivity contribution in [2.75, 3.05) is 0 Å². The van der Waals surface area contributed by atoms with Crippen molar-refractivity contribution in [2.24, 2.45) is 0 Å². The standard InChI is InChI=1S/C7H20OSi2/c1-9(2,3)7(8)10(4,5)6/h7-8H,1-6H3. The fourth-order valence-electron chi connectivity index (χ4n) is 1.30. The van der Waals surface area contributed by atoms with E-state index >= 15 is 0 Å². The van der Waals surface area contributed by atoms with Gasteiger partial charge < -0.3 is 5.11 Å². The molecular weight excluding hydrogens is 156 g/mol. The second-order valence-electron chi connectivity index (χ2n) is 5.13. The highest BCUT2D eigenvalue weighted by molar-refractivity contribution is 6.95. The van der Waals surface area contributed by atoms with Crippen LogP contribution in [0.3, 0.4) is 0 Å². The summed E-state index contributed by atoms with van der Waals surface area (Å²) >= 11 is 0. The molecule has 0 aliphatic heterocycles. The second kappa shape index (κ2) is 2.79. The number of aliphatic hydroxyl groups excluding tert-OH is 1. The van der Waals surface area contributed by atoms with Crippen LogP contribution in [0.25, 0.3) is 0 Å². The lowest BCUT2D eigenvalue weighted by Gasteiger charge is -2.33. The number of hydrogen-bond acceptors (Lipinski definition) is 1. The minimum Gasteiger partial charge on any atom is -0.400 e. The molecule has 0 aliphatic rings. The van der Waals surface area contributed by atoms with Crippen molar-refractivity contribution in [1.29, 1.82) is 0 Å². The Labute approximate surface area is 66.5 Å². The Bertz CT molecular complexity index is 95.8. The van der Waals surface area contributed by atoms with Gasteiger partial charge in [-0.15, -0.1) is 0 Å². The predicted molar refractivity (Wildman–Crippen MR) is 52.7 cm³/mol. The topological polar surface area (TPSA) is 20.2 Å². The first-order chi connectivity index (χ1) is 4.15. The zero-order valence-corrected chi connectivity index (χ0v) is 10.0. The molecule has 1 nitrogen and oxygen atoms in total. The van der Waals surface area contributed by atoms with Gasteiger partial charge >= 0.3 is 0 Å². The van der Waals surface area contributed by atoms with Crippen molar-refractivity contribution >= 4 is 16.1 Å². The molecule has 0 saturated heterocycles. The zero-order valence-electron chi connectivity index (χ0n) is 8.02. The molecular formula is C7H20OSi2. The van der Waals surface area contributed by atoms with Crippen LogP contribution in [0, 0.1) is 0 Å². The Morgan fingerprint density at radius 3 is 1.00 bits per heavy atom. The highest BCUT2D eigenvalue weighted by Gasteiger charge is 2.35. The first-order valence-corrected chi connectivity index (χ1v) is 11.0. The van der Waals surface area contributed by atoms with Crippen LogP contribution in [0.1, 0.15) is 0 Å². The Morgan fingerprint density at radius 1 is 0.800 bits per heavy atom. The van der Waals surface area contributed by atoms with Gasteiger partial charge in [-0.1, -0.05) is 39.3 Å². The first-order valence-electron chi connectivity index (χ1n) is 3.84. The summed E-state index contributed by atoms with van der Waals surface area (Å²) in [4.78, 5) is 0. The second-order valence-corrected chi connectivity index (χ2v) is 16.3. The Hall–Kier alpha value is 0.394. The molecule has 0 aromatic rings. The molecule has 3 heteroatoms. The summed E-state index contributed by atoms with van der Waals surface area (Å²) in [6.07, 6.45) is 0. The molecule has 0 aliphatic carbocycles. The van der Waals surface area contributed by atoms with E-state index in [4.69, 9.17) is 0 Å². The van der Waals surface area contributed by atoms with E-state index in [-0.39, 0.29) is 5.35 Å². The number of aliphatic hydroxyl groups is 1. The molecule has 62 valence electrons. The van der Waals surface area contributed by atoms with Crippen LogP contribution in [0.15, 0.2) is 0 Å². The fourth-order valence-corrected chi connectivity index (χ4v) is 11.7. The van der Waals surface area contributed by atoms with E-state index in [1.165, 1.54) is 0 Å². The highest BCUT2D eigenvalue weighted by Crippen LogP contribution is 2.18. The van der Waals surface area contributed by atoms with Crippen molar-refractivity contribution in [2.45, 2.75) is 44.6 Å². The molecule has 0 aromatic heterocycles. The van der Waals surface area contributed by atoms with Gasteiger partial charge in [-0.2, -0.15) is 0 Å². The van der Waals surface area contributed by atoms with Crippen molar-refractivity contribution in [3.05, 3.63) is 0 Å². The number of rotatable bonds is 2. The van der Waals surface area contributed by atoms with Gasteiger partial charge in [0.05, 0.1) is 16.1 Å². The van der Waals surface area contributed by atoms with Gasteiger partial charge in [0.2, 0.25) is 0 Å². The monoisotopic (exact) mass is 176 g/mol. The minimum atomic E-state index is -1.28. The molecule has 0 fully saturated rings. The summed E-state index contributed by atoms with van der Waals surface area (Å²) in [5, 5.41) is 9.89. The molecule has 10 heavy (non-hydrogen) atoms. The Kier molecular flexibility index (Phi) is 2.90. The molecule has 0 spiro atoms. The third-order valence-electron chi connectivity index (χ3n) is 1.64. The maximum absolute atomic E-state index is 9.85. The Morgan fingerprint density at radius 2 is 1.00 bits per heavy atom. The molecule has 0 bridgehead atoms. The van der Waals surface area contributed by atoms with Crippen molar-refractivity contribution < 1.29 is 5.11 Å².